The summed E-state index contributed by atoms with van der Waals surface area (Å²) in [5.74, 6) is -0.247. The number of nitrogens with zero attached hydrogens (tertiary/aromatic N) is 2. The highest BCUT2D eigenvalue weighted by Crippen LogP contribution is 2.49. The molecule has 0 saturated heterocycles. The zero-order valence-corrected chi connectivity index (χ0v) is 19.6. The zero-order valence-electron chi connectivity index (χ0n) is 18.9. The van der Waals surface area contributed by atoms with Crippen LogP contribution in [0.3, 0.4) is 0 Å². The van der Waals surface area contributed by atoms with Gasteiger partial charge in [-0.25, -0.2) is 0 Å². The standard InChI is InChI=1S/C25H21ClF3N3O3/c1-34-20-9-6-13(10-21(20)35-2)22-15(12-30)24(31)32(17-4-3-5-19(33)23(17)22)18-11-14(25(27,28)29)7-8-16(18)26/h6-11,22H,3-5,31H2,1-2H3/t22-/m0/s1. The third-order valence-electron chi connectivity index (χ3n) is 6.17. The number of rotatable bonds is 4. The SMILES string of the molecule is COc1ccc([C@H]2C(C#N)=C(N)N(c3cc(C(F)(F)F)ccc3Cl)C3=C2C(=O)CCC3)cc1OC. The van der Waals surface area contributed by atoms with E-state index in [9.17, 15) is 23.2 Å². The fourth-order valence-corrected chi connectivity index (χ4v) is 4.79. The molecule has 182 valence electrons. The average Bonchev–Trinajstić information content (AvgIpc) is 2.83. The normalized spacial score (nSPS) is 18.4. The first-order valence-corrected chi connectivity index (χ1v) is 11.0. The molecule has 1 heterocycles. The summed E-state index contributed by atoms with van der Waals surface area (Å²) in [6.45, 7) is 0. The van der Waals surface area contributed by atoms with Gasteiger partial charge in [0.1, 0.15) is 5.82 Å². The number of nitrogens with two attached hydrogens (primary N) is 1. The first kappa shape index (κ1) is 24.5. The maximum Gasteiger partial charge on any atom is 0.416 e. The van der Waals surface area contributed by atoms with Crippen LogP contribution in [0.25, 0.3) is 0 Å². The fourth-order valence-electron chi connectivity index (χ4n) is 4.59. The second-order valence-corrected chi connectivity index (χ2v) is 8.50. The summed E-state index contributed by atoms with van der Waals surface area (Å²) in [5.41, 5.74) is 6.81. The number of hydrogen-bond acceptors (Lipinski definition) is 6. The molecule has 2 aliphatic rings. The van der Waals surface area contributed by atoms with Crippen LogP contribution in [0.15, 0.2) is 59.1 Å². The number of ketones is 1. The fraction of sp³-hybridized carbons (Fsp3) is 0.280. The molecule has 35 heavy (non-hydrogen) atoms. The van der Waals surface area contributed by atoms with Gasteiger partial charge in [-0.3, -0.25) is 9.69 Å². The number of halogens is 4. The largest absolute Gasteiger partial charge is 0.493 e. The van der Waals surface area contributed by atoms with Crippen molar-refractivity contribution >= 4 is 23.1 Å². The number of benzene rings is 2. The third kappa shape index (κ3) is 4.19. The number of anilines is 1. The van der Waals surface area contributed by atoms with Crippen molar-refractivity contribution in [3.8, 4) is 17.6 Å². The van der Waals surface area contributed by atoms with Crippen molar-refractivity contribution in [2.24, 2.45) is 5.73 Å². The number of methoxy groups -OCH3 is 2. The predicted molar refractivity (Wildman–Crippen MR) is 124 cm³/mol. The minimum Gasteiger partial charge on any atom is -0.493 e. The Morgan fingerprint density at radius 2 is 1.83 bits per heavy atom. The highest BCUT2D eigenvalue weighted by molar-refractivity contribution is 6.33. The molecule has 1 aliphatic carbocycles. The quantitative estimate of drug-likeness (QED) is 0.577. The topological polar surface area (TPSA) is 88.6 Å². The van der Waals surface area contributed by atoms with Crippen LogP contribution < -0.4 is 20.1 Å². The number of alkyl halides is 3. The number of ether oxygens (including phenoxy) is 2. The zero-order chi connectivity index (χ0) is 25.5. The van der Waals surface area contributed by atoms with Crippen molar-refractivity contribution < 1.29 is 27.4 Å². The van der Waals surface area contributed by atoms with Gasteiger partial charge >= 0.3 is 6.18 Å². The second kappa shape index (κ2) is 9.19. The van der Waals surface area contributed by atoms with E-state index in [-0.39, 0.29) is 34.3 Å². The van der Waals surface area contributed by atoms with Crippen LogP contribution in [-0.2, 0) is 11.0 Å². The smallest absolute Gasteiger partial charge is 0.416 e. The van der Waals surface area contributed by atoms with E-state index in [1.54, 1.807) is 18.2 Å². The van der Waals surface area contributed by atoms with E-state index in [1.165, 1.54) is 19.1 Å². The van der Waals surface area contributed by atoms with Gasteiger partial charge in [0.2, 0.25) is 0 Å². The number of allylic oxidation sites excluding steroid dienone is 3. The highest BCUT2D eigenvalue weighted by Gasteiger charge is 2.41. The summed E-state index contributed by atoms with van der Waals surface area (Å²) in [7, 11) is 2.95. The summed E-state index contributed by atoms with van der Waals surface area (Å²) < 4.78 is 51.1. The first-order valence-electron chi connectivity index (χ1n) is 10.7. The molecule has 10 heteroatoms. The molecule has 0 amide bonds. The molecular weight excluding hydrogens is 483 g/mol. The van der Waals surface area contributed by atoms with E-state index in [2.05, 4.69) is 6.07 Å². The maximum atomic E-state index is 13.5. The lowest BCUT2D eigenvalue weighted by atomic mass is 9.75. The van der Waals surface area contributed by atoms with Crippen LogP contribution in [0, 0.1) is 11.3 Å². The van der Waals surface area contributed by atoms with E-state index in [0.29, 0.717) is 41.2 Å². The molecule has 2 aromatic carbocycles. The number of carbonyl (C=O) groups is 1. The summed E-state index contributed by atoms with van der Waals surface area (Å²) >= 11 is 6.32. The lowest BCUT2D eigenvalue weighted by molar-refractivity contribution is -0.137. The van der Waals surface area contributed by atoms with Gasteiger partial charge in [-0.15, -0.1) is 0 Å². The molecule has 2 aromatic rings. The summed E-state index contributed by atoms with van der Waals surface area (Å²) in [4.78, 5) is 14.5. The molecule has 6 nitrogen and oxygen atoms in total. The summed E-state index contributed by atoms with van der Waals surface area (Å²) in [6, 6.07) is 9.97. The van der Waals surface area contributed by atoms with Gasteiger partial charge in [-0.2, -0.15) is 18.4 Å². The van der Waals surface area contributed by atoms with Crippen LogP contribution in [0.2, 0.25) is 5.02 Å². The molecular formula is C25H21ClF3N3O3. The molecule has 0 aromatic heterocycles. The van der Waals surface area contributed by atoms with Crippen molar-refractivity contribution in [3.05, 3.63) is 75.2 Å². The Morgan fingerprint density at radius 3 is 2.46 bits per heavy atom. The molecule has 0 radical (unpaired) electrons. The van der Waals surface area contributed by atoms with E-state index in [0.717, 1.165) is 18.2 Å². The van der Waals surface area contributed by atoms with E-state index >= 15 is 0 Å². The van der Waals surface area contributed by atoms with Gasteiger partial charge in [0, 0.05) is 17.7 Å². The van der Waals surface area contributed by atoms with Gasteiger partial charge in [0.25, 0.3) is 0 Å². The molecule has 0 saturated carbocycles. The second-order valence-electron chi connectivity index (χ2n) is 8.09. The van der Waals surface area contributed by atoms with E-state index in [4.69, 9.17) is 26.8 Å². The average molecular weight is 504 g/mol. The molecule has 0 unspecified atom stereocenters. The molecule has 0 bridgehead atoms. The minimum absolute atomic E-state index is 0.00711. The lowest BCUT2D eigenvalue weighted by Gasteiger charge is -2.40. The number of carbonyl (C=O) groups excluding carboxylic acids is 1. The van der Waals surface area contributed by atoms with Crippen molar-refractivity contribution in [1.29, 1.82) is 5.26 Å². The Bertz CT molecular complexity index is 1310. The number of nitriles is 1. The number of hydrogen-bond donors (Lipinski definition) is 1. The van der Waals surface area contributed by atoms with Crippen molar-refractivity contribution in [3.63, 3.8) is 0 Å². The molecule has 0 fully saturated rings. The Kier molecular flexibility index (Phi) is 6.43. The van der Waals surface area contributed by atoms with Crippen molar-refractivity contribution in [2.45, 2.75) is 31.4 Å². The minimum atomic E-state index is -4.62. The number of Topliss-reactive ketones (excluding diaryl/α,β-unsaturated/α-hetero) is 1. The molecule has 1 atom stereocenters. The molecule has 4 rings (SSSR count). The van der Waals surface area contributed by atoms with Crippen molar-refractivity contribution in [2.75, 3.05) is 19.1 Å². The van der Waals surface area contributed by atoms with Crippen LogP contribution in [0.5, 0.6) is 11.5 Å². The van der Waals surface area contributed by atoms with Gasteiger partial charge in [-0.1, -0.05) is 17.7 Å². The Hall–Kier alpha value is -3.64. The summed E-state index contributed by atoms with van der Waals surface area (Å²) in [5, 5.41) is 10.1. The van der Waals surface area contributed by atoms with Gasteiger partial charge in [0.05, 0.1) is 48.1 Å². The lowest BCUT2D eigenvalue weighted by Crippen LogP contribution is -2.39. The predicted octanol–water partition coefficient (Wildman–Crippen LogP) is 5.68. The van der Waals surface area contributed by atoms with E-state index < -0.39 is 17.7 Å². The van der Waals surface area contributed by atoms with Gasteiger partial charge in [0.15, 0.2) is 17.3 Å². The van der Waals surface area contributed by atoms with E-state index in [1.807, 2.05) is 0 Å². The molecule has 1 aliphatic heterocycles. The van der Waals surface area contributed by atoms with Gasteiger partial charge in [-0.05, 0) is 48.7 Å². The molecule has 2 N–H and O–H groups in total. The first-order chi connectivity index (χ1) is 16.6. The maximum absolute atomic E-state index is 13.5. The van der Waals surface area contributed by atoms with Crippen LogP contribution in [-0.4, -0.2) is 20.0 Å². The Morgan fingerprint density at radius 1 is 1.11 bits per heavy atom. The van der Waals surface area contributed by atoms with Crippen LogP contribution in [0.4, 0.5) is 18.9 Å². The monoisotopic (exact) mass is 503 g/mol. The van der Waals surface area contributed by atoms with Gasteiger partial charge < -0.3 is 15.2 Å². The molecule has 0 spiro atoms. The van der Waals surface area contributed by atoms with Crippen LogP contribution in [0.1, 0.15) is 36.3 Å². The van der Waals surface area contributed by atoms with Crippen molar-refractivity contribution in [1.82, 2.24) is 0 Å². The Balaban J connectivity index is 1.98. The Labute approximate surface area is 205 Å². The third-order valence-corrected chi connectivity index (χ3v) is 6.49. The van der Waals surface area contributed by atoms with Crippen LogP contribution >= 0.6 is 11.6 Å². The highest BCUT2D eigenvalue weighted by atomic mass is 35.5. The summed E-state index contributed by atoms with van der Waals surface area (Å²) in [6.07, 6.45) is -3.52.